The second-order valence-corrected chi connectivity index (χ2v) is 7.01. The molecule has 0 atom stereocenters. The molecule has 2 heterocycles. The Bertz CT molecular complexity index is 1060. The third kappa shape index (κ3) is 2.49. The van der Waals surface area contributed by atoms with Crippen molar-refractivity contribution < 1.29 is 18.7 Å². The molecule has 1 saturated heterocycles. The van der Waals surface area contributed by atoms with Gasteiger partial charge in [0, 0.05) is 37.6 Å². The number of nitrogens with one attached hydrogen (secondary N) is 1. The molecule has 1 aliphatic heterocycles. The smallest absolute Gasteiger partial charge is 0.341 e. The van der Waals surface area contributed by atoms with E-state index in [2.05, 4.69) is 11.9 Å². The molecule has 142 valence electrons. The van der Waals surface area contributed by atoms with Crippen LogP contribution in [0.5, 0.6) is 0 Å². The summed E-state index contributed by atoms with van der Waals surface area (Å²) in [7, 11) is 0. The molecule has 0 bridgehead atoms. The first-order valence-electron chi connectivity index (χ1n) is 8.51. The monoisotopic (exact) mass is 376 g/mol. The van der Waals surface area contributed by atoms with Crippen molar-refractivity contribution >= 4 is 34.4 Å². The highest BCUT2D eigenvalue weighted by molar-refractivity contribution is 6.00. The Hall–Kier alpha value is -2.94. The molecule has 1 saturated carbocycles. The van der Waals surface area contributed by atoms with E-state index in [9.17, 15) is 14.7 Å². The highest BCUT2D eigenvalue weighted by atomic mass is 19.1. The standard InChI is InChI=1S/C18H18F2N4O3/c1-2-23-7-9(17(26)27)16(25)10-13(21)11(19)15(12(20)14(10)23)24-6-5-22-18(8-24)3-4-18/h2,7,22H,1,3-6,8,21H2,(H,26,27). The minimum Gasteiger partial charge on any atom is -0.477 e. The van der Waals surface area contributed by atoms with E-state index >= 15 is 8.78 Å². The Kier molecular flexibility index (Phi) is 3.74. The number of hydrogen-bond acceptors (Lipinski definition) is 5. The molecule has 0 unspecified atom stereocenters. The Morgan fingerprint density at radius 3 is 2.67 bits per heavy atom. The van der Waals surface area contributed by atoms with Gasteiger partial charge in [-0.15, -0.1) is 0 Å². The lowest BCUT2D eigenvalue weighted by Gasteiger charge is -2.36. The summed E-state index contributed by atoms with van der Waals surface area (Å²) in [6.45, 7) is 4.90. The molecule has 9 heteroatoms. The second-order valence-electron chi connectivity index (χ2n) is 7.01. The number of fused-ring (bicyclic) bond motifs is 1. The molecule has 4 N–H and O–H groups in total. The maximum absolute atomic E-state index is 15.4. The minimum atomic E-state index is -1.51. The molecule has 7 nitrogen and oxygen atoms in total. The summed E-state index contributed by atoms with van der Waals surface area (Å²) in [6.07, 6.45) is 3.97. The lowest BCUT2D eigenvalue weighted by atomic mass is 10.0. The number of benzene rings is 1. The van der Waals surface area contributed by atoms with Gasteiger partial charge in [0.05, 0.1) is 16.6 Å². The molecule has 1 aromatic carbocycles. The number of nitrogens with two attached hydrogens (primary N) is 1. The van der Waals surface area contributed by atoms with Gasteiger partial charge in [0.15, 0.2) is 11.6 Å². The number of carboxylic acids is 1. The molecule has 2 aliphatic rings. The van der Waals surface area contributed by atoms with Crippen LogP contribution in [0.3, 0.4) is 0 Å². The molecule has 27 heavy (non-hydrogen) atoms. The zero-order valence-electron chi connectivity index (χ0n) is 14.4. The van der Waals surface area contributed by atoms with Crippen LogP contribution in [0.25, 0.3) is 17.1 Å². The number of nitrogen functional groups attached to an aromatic ring is 1. The first-order valence-corrected chi connectivity index (χ1v) is 8.51. The molecular weight excluding hydrogens is 358 g/mol. The van der Waals surface area contributed by atoms with Crippen molar-refractivity contribution in [2.45, 2.75) is 18.4 Å². The third-order valence-electron chi connectivity index (χ3n) is 5.34. The highest BCUT2D eigenvalue weighted by Crippen LogP contribution is 2.41. The molecule has 1 spiro atoms. The number of piperazine rings is 1. The van der Waals surface area contributed by atoms with Crippen LogP contribution in [-0.2, 0) is 0 Å². The Balaban J connectivity index is 2.03. The van der Waals surface area contributed by atoms with E-state index in [-0.39, 0.29) is 16.7 Å². The average Bonchev–Trinajstić information content (AvgIpc) is 3.37. The summed E-state index contributed by atoms with van der Waals surface area (Å²) in [6, 6.07) is 0. The SMILES string of the molecule is C=Cn1cc(C(=O)O)c(=O)c2c(N)c(F)c(N3CCNC4(CC4)C3)c(F)c21. The number of rotatable bonds is 3. The van der Waals surface area contributed by atoms with Gasteiger partial charge in [0.25, 0.3) is 0 Å². The van der Waals surface area contributed by atoms with Crippen LogP contribution in [0.4, 0.5) is 20.2 Å². The lowest BCUT2D eigenvalue weighted by molar-refractivity contribution is 0.0695. The van der Waals surface area contributed by atoms with E-state index < -0.39 is 39.7 Å². The van der Waals surface area contributed by atoms with Gasteiger partial charge in [-0.3, -0.25) is 4.79 Å². The molecule has 0 radical (unpaired) electrons. The van der Waals surface area contributed by atoms with Crippen LogP contribution in [-0.4, -0.2) is 40.8 Å². The molecule has 2 aromatic rings. The van der Waals surface area contributed by atoms with Crippen LogP contribution in [0, 0.1) is 11.6 Å². The van der Waals surface area contributed by atoms with E-state index in [1.807, 2.05) is 0 Å². The first kappa shape index (κ1) is 17.5. The van der Waals surface area contributed by atoms with Gasteiger partial charge in [0.2, 0.25) is 5.43 Å². The molecule has 1 aliphatic carbocycles. The third-order valence-corrected chi connectivity index (χ3v) is 5.34. The van der Waals surface area contributed by atoms with Crippen molar-refractivity contribution in [3.8, 4) is 0 Å². The fourth-order valence-electron chi connectivity index (χ4n) is 3.76. The molecule has 2 fully saturated rings. The topological polar surface area (TPSA) is 101 Å². The number of anilines is 2. The van der Waals surface area contributed by atoms with Crippen molar-refractivity contribution in [2.75, 3.05) is 30.3 Å². The highest BCUT2D eigenvalue weighted by Gasteiger charge is 2.46. The van der Waals surface area contributed by atoms with Gasteiger partial charge >= 0.3 is 5.97 Å². The van der Waals surface area contributed by atoms with Crippen LogP contribution in [0.2, 0.25) is 0 Å². The maximum Gasteiger partial charge on any atom is 0.341 e. The number of carbonyl (C=O) groups is 1. The molecule has 4 rings (SSSR count). The lowest BCUT2D eigenvalue weighted by Crippen LogP contribution is -2.53. The van der Waals surface area contributed by atoms with Crippen LogP contribution in [0.1, 0.15) is 23.2 Å². The quantitative estimate of drug-likeness (QED) is 0.704. The largest absolute Gasteiger partial charge is 0.477 e. The zero-order chi connectivity index (χ0) is 19.5. The predicted molar refractivity (Wildman–Crippen MR) is 98.1 cm³/mol. The van der Waals surface area contributed by atoms with Crippen LogP contribution < -0.4 is 21.4 Å². The fraction of sp³-hybridized carbons (Fsp3) is 0.333. The number of aromatic nitrogens is 1. The summed E-state index contributed by atoms with van der Waals surface area (Å²) in [4.78, 5) is 25.4. The van der Waals surface area contributed by atoms with Gasteiger partial charge in [-0.2, -0.15) is 0 Å². The number of aromatic carboxylic acids is 1. The Morgan fingerprint density at radius 1 is 1.37 bits per heavy atom. The summed E-state index contributed by atoms with van der Waals surface area (Å²) in [5, 5.41) is 12.1. The maximum atomic E-state index is 15.4. The van der Waals surface area contributed by atoms with E-state index in [0.29, 0.717) is 19.6 Å². The summed E-state index contributed by atoms with van der Waals surface area (Å²) < 4.78 is 31.5. The Morgan fingerprint density at radius 2 is 2.07 bits per heavy atom. The zero-order valence-corrected chi connectivity index (χ0v) is 14.4. The Labute approximate surface area is 152 Å². The fourth-order valence-corrected chi connectivity index (χ4v) is 3.76. The molecule has 1 aromatic heterocycles. The summed E-state index contributed by atoms with van der Waals surface area (Å²) >= 11 is 0. The predicted octanol–water partition coefficient (Wildman–Crippen LogP) is 1.60. The first-order chi connectivity index (χ1) is 12.8. The van der Waals surface area contributed by atoms with Crippen molar-refractivity contribution in [3.63, 3.8) is 0 Å². The van der Waals surface area contributed by atoms with E-state index in [1.54, 1.807) is 4.90 Å². The minimum absolute atomic E-state index is 0.133. The van der Waals surface area contributed by atoms with Crippen molar-refractivity contribution in [2.24, 2.45) is 0 Å². The number of hydrogen-bond donors (Lipinski definition) is 3. The van der Waals surface area contributed by atoms with Gasteiger partial charge in [-0.25, -0.2) is 13.6 Å². The average molecular weight is 376 g/mol. The summed E-state index contributed by atoms with van der Waals surface area (Å²) in [5.74, 6) is -3.52. The van der Waals surface area contributed by atoms with E-state index in [4.69, 9.17) is 5.73 Å². The number of halogens is 2. The van der Waals surface area contributed by atoms with Crippen molar-refractivity contribution in [1.82, 2.24) is 9.88 Å². The molecule has 0 amide bonds. The van der Waals surface area contributed by atoms with Crippen molar-refractivity contribution in [1.29, 1.82) is 0 Å². The normalized spacial score (nSPS) is 18.1. The number of nitrogens with zero attached hydrogens (tertiary/aromatic N) is 2. The summed E-state index contributed by atoms with van der Waals surface area (Å²) in [5.41, 5.74) is 2.90. The van der Waals surface area contributed by atoms with Crippen molar-refractivity contribution in [3.05, 3.63) is 40.2 Å². The second kappa shape index (κ2) is 5.78. The van der Waals surface area contributed by atoms with Gasteiger partial charge in [-0.05, 0) is 12.8 Å². The van der Waals surface area contributed by atoms with Crippen LogP contribution in [0.15, 0.2) is 17.6 Å². The van der Waals surface area contributed by atoms with Gasteiger partial charge < -0.3 is 25.6 Å². The van der Waals surface area contributed by atoms with E-state index in [0.717, 1.165) is 29.8 Å². The van der Waals surface area contributed by atoms with Crippen LogP contribution >= 0.6 is 0 Å². The number of pyridine rings is 1. The van der Waals surface area contributed by atoms with E-state index in [1.165, 1.54) is 0 Å². The number of carboxylic acid groups (broad SMARTS) is 1. The van der Waals surface area contributed by atoms with Gasteiger partial charge in [-0.1, -0.05) is 6.58 Å². The molecular formula is C18H18F2N4O3. The van der Waals surface area contributed by atoms with Gasteiger partial charge in [0.1, 0.15) is 11.3 Å².